The first kappa shape index (κ1) is 14.2. The minimum Gasteiger partial charge on any atom is -0.370 e. The molecule has 0 spiro atoms. The Morgan fingerprint density at radius 3 is 2.61 bits per heavy atom. The average Bonchev–Trinajstić information content (AvgIpc) is 2.32. The zero-order chi connectivity index (χ0) is 13.4. The first-order chi connectivity index (χ1) is 8.58. The fourth-order valence-electron chi connectivity index (χ4n) is 1.70. The topological polar surface area (TPSA) is 72.2 Å². The van der Waals surface area contributed by atoms with Gasteiger partial charge in [0.05, 0.1) is 0 Å². The maximum Gasteiger partial charge on any atom is 0.220 e. The van der Waals surface area contributed by atoms with Crippen molar-refractivity contribution < 1.29 is 9.59 Å². The summed E-state index contributed by atoms with van der Waals surface area (Å²) in [4.78, 5) is 22.0. The number of hydrogen-bond acceptors (Lipinski definition) is 2. The molecule has 0 aromatic heterocycles. The van der Waals surface area contributed by atoms with Gasteiger partial charge in [-0.25, -0.2) is 0 Å². The second-order valence-corrected chi connectivity index (χ2v) is 4.44. The Hall–Kier alpha value is -1.84. The molecule has 0 heterocycles. The van der Waals surface area contributed by atoms with Crippen LogP contribution in [0.25, 0.3) is 0 Å². The van der Waals surface area contributed by atoms with E-state index in [4.69, 9.17) is 5.73 Å². The Labute approximate surface area is 108 Å². The van der Waals surface area contributed by atoms with Gasteiger partial charge >= 0.3 is 0 Å². The van der Waals surface area contributed by atoms with Crippen LogP contribution in [0.5, 0.6) is 0 Å². The van der Waals surface area contributed by atoms with Crippen LogP contribution in [-0.4, -0.2) is 11.8 Å². The molecule has 0 radical (unpaired) electrons. The molecule has 0 aliphatic carbocycles. The van der Waals surface area contributed by atoms with Gasteiger partial charge in [0.1, 0.15) is 0 Å². The molecule has 0 fully saturated rings. The van der Waals surface area contributed by atoms with Crippen molar-refractivity contribution in [2.45, 2.75) is 39.2 Å². The molecule has 0 atom stereocenters. The van der Waals surface area contributed by atoms with Crippen molar-refractivity contribution in [2.24, 2.45) is 5.73 Å². The molecule has 0 unspecified atom stereocenters. The second kappa shape index (κ2) is 7.48. The van der Waals surface area contributed by atoms with Crippen LogP contribution in [0.4, 0.5) is 0 Å². The summed E-state index contributed by atoms with van der Waals surface area (Å²) < 4.78 is 0. The summed E-state index contributed by atoms with van der Waals surface area (Å²) in [7, 11) is 0. The monoisotopic (exact) mass is 248 g/mol. The molecule has 98 valence electrons. The number of nitrogens with one attached hydrogen (secondary N) is 1. The summed E-state index contributed by atoms with van der Waals surface area (Å²) in [6, 6.07) is 8.03. The minimum absolute atomic E-state index is 0.0148. The molecule has 0 aliphatic heterocycles. The summed E-state index contributed by atoms with van der Waals surface area (Å²) in [5.74, 6) is -0.295. The van der Waals surface area contributed by atoms with Gasteiger partial charge in [0.25, 0.3) is 0 Å². The standard InChI is InChI=1S/C14H20N2O2/c1-11-5-4-6-12(9-11)10-16-14(18)8-3-2-7-13(15)17/h4-6,9H,2-3,7-8,10H2,1H3,(H2,15,17)(H,16,18). The van der Waals surface area contributed by atoms with Crippen LogP contribution in [-0.2, 0) is 16.1 Å². The Kier molecular flexibility index (Phi) is 5.91. The first-order valence-electron chi connectivity index (χ1n) is 6.18. The molecule has 0 saturated heterocycles. The number of nitrogens with two attached hydrogens (primary N) is 1. The van der Waals surface area contributed by atoms with Crippen LogP contribution in [0.1, 0.15) is 36.8 Å². The summed E-state index contributed by atoms with van der Waals surface area (Å²) in [5, 5.41) is 2.86. The zero-order valence-corrected chi connectivity index (χ0v) is 10.7. The Bertz CT molecular complexity index is 416. The van der Waals surface area contributed by atoms with Crippen molar-refractivity contribution in [2.75, 3.05) is 0 Å². The molecule has 1 aromatic carbocycles. The van der Waals surface area contributed by atoms with Gasteiger partial charge in [0.2, 0.25) is 11.8 Å². The molecule has 4 heteroatoms. The predicted octanol–water partition coefficient (Wildman–Crippen LogP) is 1.66. The first-order valence-corrected chi connectivity index (χ1v) is 6.18. The van der Waals surface area contributed by atoms with E-state index in [0.717, 1.165) is 5.56 Å². The van der Waals surface area contributed by atoms with E-state index in [0.29, 0.717) is 32.2 Å². The maximum atomic E-state index is 11.5. The fourth-order valence-corrected chi connectivity index (χ4v) is 1.70. The molecule has 0 bridgehead atoms. The quantitative estimate of drug-likeness (QED) is 0.720. The van der Waals surface area contributed by atoms with Crippen LogP contribution in [0.15, 0.2) is 24.3 Å². The number of primary amides is 1. The van der Waals surface area contributed by atoms with Crippen LogP contribution in [0, 0.1) is 6.92 Å². The van der Waals surface area contributed by atoms with E-state index in [1.165, 1.54) is 5.56 Å². The predicted molar refractivity (Wildman–Crippen MR) is 70.7 cm³/mol. The lowest BCUT2D eigenvalue weighted by atomic mass is 10.1. The lowest BCUT2D eigenvalue weighted by Crippen LogP contribution is -2.22. The molecule has 3 N–H and O–H groups in total. The number of rotatable bonds is 7. The maximum absolute atomic E-state index is 11.5. The lowest BCUT2D eigenvalue weighted by Gasteiger charge is -2.05. The Balaban J connectivity index is 2.19. The highest BCUT2D eigenvalue weighted by atomic mass is 16.1. The van der Waals surface area contributed by atoms with Crippen LogP contribution in [0.3, 0.4) is 0 Å². The van der Waals surface area contributed by atoms with E-state index in [1.807, 2.05) is 31.2 Å². The smallest absolute Gasteiger partial charge is 0.220 e. The number of unbranched alkanes of at least 4 members (excludes halogenated alkanes) is 1. The van der Waals surface area contributed by atoms with Crippen LogP contribution < -0.4 is 11.1 Å². The third-order valence-corrected chi connectivity index (χ3v) is 2.65. The van der Waals surface area contributed by atoms with E-state index < -0.39 is 0 Å². The molecule has 0 saturated carbocycles. The van der Waals surface area contributed by atoms with E-state index >= 15 is 0 Å². The number of carbonyl (C=O) groups is 2. The minimum atomic E-state index is -0.310. The van der Waals surface area contributed by atoms with Crippen LogP contribution >= 0.6 is 0 Å². The van der Waals surface area contributed by atoms with Crippen molar-refractivity contribution in [1.29, 1.82) is 0 Å². The highest BCUT2D eigenvalue weighted by Crippen LogP contribution is 2.04. The average molecular weight is 248 g/mol. The number of hydrogen-bond donors (Lipinski definition) is 2. The number of amides is 2. The van der Waals surface area contributed by atoms with Gasteiger partial charge in [-0.15, -0.1) is 0 Å². The van der Waals surface area contributed by atoms with Gasteiger partial charge in [0.15, 0.2) is 0 Å². The van der Waals surface area contributed by atoms with Gasteiger partial charge in [-0.1, -0.05) is 29.8 Å². The van der Waals surface area contributed by atoms with Crippen molar-refractivity contribution >= 4 is 11.8 Å². The molecule has 2 amide bonds. The number of carbonyl (C=O) groups excluding carboxylic acids is 2. The van der Waals surface area contributed by atoms with Crippen LogP contribution in [0.2, 0.25) is 0 Å². The van der Waals surface area contributed by atoms with Gasteiger partial charge in [-0.05, 0) is 25.3 Å². The van der Waals surface area contributed by atoms with Crippen molar-refractivity contribution in [3.63, 3.8) is 0 Å². The Morgan fingerprint density at radius 1 is 1.22 bits per heavy atom. The van der Waals surface area contributed by atoms with E-state index in [9.17, 15) is 9.59 Å². The van der Waals surface area contributed by atoms with Gasteiger partial charge in [-0.3, -0.25) is 9.59 Å². The Morgan fingerprint density at radius 2 is 1.94 bits per heavy atom. The second-order valence-electron chi connectivity index (χ2n) is 4.44. The third kappa shape index (κ3) is 6.03. The number of aryl methyl sites for hydroxylation is 1. The molecular formula is C14H20N2O2. The van der Waals surface area contributed by atoms with Gasteiger partial charge in [-0.2, -0.15) is 0 Å². The van der Waals surface area contributed by atoms with Gasteiger partial charge < -0.3 is 11.1 Å². The zero-order valence-electron chi connectivity index (χ0n) is 10.7. The molecule has 0 aliphatic rings. The van der Waals surface area contributed by atoms with E-state index in [1.54, 1.807) is 0 Å². The van der Waals surface area contributed by atoms with E-state index in [2.05, 4.69) is 5.32 Å². The van der Waals surface area contributed by atoms with Crippen molar-refractivity contribution in [3.05, 3.63) is 35.4 Å². The van der Waals surface area contributed by atoms with Crippen molar-refractivity contribution in [1.82, 2.24) is 5.32 Å². The fraction of sp³-hybridized carbons (Fsp3) is 0.429. The molecule has 18 heavy (non-hydrogen) atoms. The molecule has 1 aromatic rings. The molecule has 4 nitrogen and oxygen atoms in total. The molecule has 1 rings (SSSR count). The summed E-state index contributed by atoms with van der Waals surface area (Å²) in [5.41, 5.74) is 7.30. The SMILES string of the molecule is Cc1cccc(CNC(=O)CCCCC(N)=O)c1. The third-order valence-electron chi connectivity index (χ3n) is 2.65. The lowest BCUT2D eigenvalue weighted by molar-refractivity contribution is -0.122. The highest BCUT2D eigenvalue weighted by Gasteiger charge is 2.02. The van der Waals surface area contributed by atoms with Gasteiger partial charge in [0, 0.05) is 19.4 Å². The summed E-state index contributed by atoms with van der Waals surface area (Å²) >= 11 is 0. The molecular weight excluding hydrogens is 228 g/mol. The highest BCUT2D eigenvalue weighted by molar-refractivity contribution is 5.76. The summed E-state index contributed by atoms with van der Waals surface area (Å²) in [6.07, 6.45) is 2.17. The largest absolute Gasteiger partial charge is 0.370 e. The summed E-state index contributed by atoms with van der Waals surface area (Å²) in [6.45, 7) is 2.57. The van der Waals surface area contributed by atoms with E-state index in [-0.39, 0.29) is 11.8 Å². The number of benzene rings is 1. The normalized spacial score (nSPS) is 10.1. The van der Waals surface area contributed by atoms with Crippen molar-refractivity contribution in [3.8, 4) is 0 Å².